The summed E-state index contributed by atoms with van der Waals surface area (Å²) in [7, 11) is 1.52. The summed E-state index contributed by atoms with van der Waals surface area (Å²) >= 11 is 5.28. The van der Waals surface area contributed by atoms with E-state index in [0.717, 1.165) is 11.8 Å². The first kappa shape index (κ1) is 15.1. The second-order valence-electron chi connectivity index (χ2n) is 6.02. The lowest BCUT2D eigenvalue weighted by Gasteiger charge is -2.23. The fourth-order valence-electron chi connectivity index (χ4n) is 3.59. The second kappa shape index (κ2) is 6.52. The summed E-state index contributed by atoms with van der Waals surface area (Å²) in [5.74, 6) is 2.13. The number of ether oxygens (including phenoxy) is 1. The highest BCUT2D eigenvalue weighted by molar-refractivity contribution is 7.80. The van der Waals surface area contributed by atoms with Gasteiger partial charge < -0.3 is 15.2 Å². The van der Waals surface area contributed by atoms with Gasteiger partial charge in [-0.05, 0) is 55.4 Å². The minimum atomic E-state index is 0.0718. The van der Waals surface area contributed by atoms with Gasteiger partial charge in [-0.15, -0.1) is 0 Å². The molecule has 1 aromatic rings. The number of aromatic hydroxyl groups is 1. The molecule has 1 aromatic carbocycles. The summed E-state index contributed by atoms with van der Waals surface area (Å²) in [5.41, 5.74) is 3.40. The zero-order chi connectivity index (χ0) is 15.5. The molecule has 118 valence electrons. The molecule has 2 saturated carbocycles. The summed E-state index contributed by atoms with van der Waals surface area (Å²) < 4.78 is 5.06. The van der Waals surface area contributed by atoms with Gasteiger partial charge in [0.05, 0.1) is 13.3 Å². The highest BCUT2D eigenvalue weighted by Crippen LogP contribution is 2.44. The van der Waals surface area contributed by atoms with Gasteiger partial charge in [0.2, 0.25) is 0 Å². The Kier molecular flexibility index (Phi) is 4.47. The molecule has 0 aromatic heterocycles. The van der Waals surface area contributed by atoms with Gasteiger partial charge in [0, 0.05) is 11.6 Å². The average molecular weight is 319 g/mol. The Hall–Kier alpha value is -1.82. The molecule has 3 N–H and O–H groups in total. The smallest absolute Gasteiger partial charge is 0.187 e. The maximum Gasteiger partial charge on any atom is 0.187 e. The van der Waals surface area contributed by atoms with Crippen LogP contribution in [0.1, 0.15) is 31.2 Å². The van der Waals surface area contributed by atoms with E-state index in [2.05, 4.69) is 15.8 Å². The minimum absolute atomic E-state index is 0.0718. The first-order chi connectivity index (χ1) is 10.7. The Morgan fingerprint density at radius 3 is 2.95 bits per heavy atom. The van der Waals surface area contributed by atoms with E-state index in [4.69, 9.17) is 17.0 Å². The van der Waals surface area contributed by atoms with E-state index < -0.39 is 0 Å². The Balaban J connectivity index is 1.52. The number of nitrogens with one attached hydrogen (secondary N) is 2. The second-order valence-corrected chi connectivity index (χ2v) is 6.43. The molecule has 0 aliphatic heterocycles. The summed E-state index contributed by atoms with van der Waals surface area (Å²) in [6, 6.07) is 5.74. The number of phenolic OH excluding ortho intramolecular Hbond substituents is 1. The SMILES string of the molecule is COc1cccc(/C=N\NC(=S)NC2CC3CCC2C3)c1O. The zero-order valence-corrected chi connectivity index (χ0v) is 13.4. The molecule has 22 heavy (non-hydrogen) atoms. The lowest BCUT2D eigenvalue weighted by atomic mass is 9.96. The van der Waals surface area contributed by atoms with Gasteiger partial charge in [0.1, 0.15) is 0 Å². The van der Waals surface area contributed by atoms with Crippen molar-refractivity contribution in [3.05, 3.63) is 23.8 Å². The van der Waals surface area contributed by atoms with Crippen molar-refractivity contribution in [2.45, 2.75) is 31.7 Å². The van der Waals surface area contributed by atoms with Gasteiger partial charge in [-0.1, -0.05) is 12.5 Å². The lowest BCUT2D eigenvalue weighted by Crippen LogP contribution is -2.42. The zero-order valence-electron chi connectivity index (χ0n) is 12.6. The van der Waals surface area contributed by atoms with Crippen LogP contribution in [0.4, 0.5) is 0 Å². The summed E-state index contributed by atoms with van der Waals surface area (Å²) in [4.78, 5) is 0. The fraction of sp³-hybridized carbons (Fsp3) is 0.500. The quantitative estimate of drug-likeness (QED) is 0.452. The highest BCUT2D eigenvalue weighted by atomic mass is 32.1. The normalized spacial score (nSPS) is 26.3. The van der Waals surface area contributed by atoms with E-state index in [9.17, 15) is 5.11 Å². The standard InChI is InChI=1S/C16H21N3O2S/c1-21-14-4-2-3-12(15(14)20)9-17-19-16(22)18-13-8-10-5-6-11(13)7-10/h2-4,9-11,13,20H,5-8H2,1H3,(H2,18,19,22)/b17-9-. The highest BCUT2D eigenvalue weighted by Gasteiger charge is 2.39. The number of nitrogens with zero attached hydrogens (tertiary/aromatic N) is 1. The van der Waals surface area contributed by atoms with Gasteiger partial charge in [-0.2, -0.15) is 5.10 Å². The number of hydrazone groups is 1. The van der Waals surface area contributed by atoms with Crippen LogP contribution in [-0.2, 0) is 0 Å². The van der Waals surface area contributed by atoms with Crippen molar-refractivity contribution in [1.29, 1.82) is 0 Å². The van der Waals surface area contributed by atoms with Crippen molar-refractivity contribution in [1.82, 2.24) is 10.7 Å². The first-order valence-corrected chi connectivity index (χ1v) is 8.03. The number of hydrogen-bond donors (Lipinski definition) is 3. The van der Waals surface area contributed by atoms with Crippen LogP contribution in [0.2, 0.25) is 0 Å². The lowest BCUT2D eigenvalue weighted by molar-refractivity contribution is 0.373. The van der Waals surface area contributed by atoms with Crippen LogP contribution in [0, 0.1) is 11.8 Å². The predicted molar refractivity (Wildman–Crippen MR) is 90.4 cm³/mol. The number of rotatable bonds is 4. The molecule has 0 heterocycles. The van der Waals surface area contributed by atoms with Gasteiger partial charge in [0.25, 0.3) is 0 Å². The molecule has 3 rings (SSSR count). The topological polar surface area (TPSA) is 65.9 Å². The van der Waals surface area contributed by atoms with Crippen LogP contribution in [-0.4, -0.2) is 29.6 Å². The van der Waals surface area contributed by atoms with Crippen molar-refractivity contribution in [3.63, 3.8) is 0 Å². The van der Waals surface area contributed by atoms with Crippen molar-refractivity contribution in [2.24, 2.45) is 16.9 Å². The molecule has 0 saturated heterocycles. The third kappa shape index (κ3) is 3.16. The number of hydrogen-bond acceptors (Lipinski definition) is 4. The Morgan fingerprint density at radius 2 is 2.27 bits per heavy atom. The minimum Gasteiger partial charge on any atom is -0.504 e. The van der Waals surface area contributed by atoms with E-state index in [1.165, 1.54) is 39.0 Å². The average Bonchev–Trinajstić information content (AvgIpc) is 3.11. The Bertz CT molecular complexity index is 591. The molecule has 6 heteroatoms. The molecule has 2 aliphatic rings. The van der Waals surface area contributed by atoms with Gasteiger partial charge in [0.15, 0.2) is 16.6 Å². The Morgan fingerprint density at radius 1 is 1.41 bits per heavy atom. The number of benzene rings is 1. The van der Waals surface area contributed by atoms with Crippen LogP contribution in [0.25, 0.3) is 0 Å². The Labute approximate surface area is 135 Å². The molecule has 3 unspecified atom stereocenters. The van der Waals surface area contributed by atoms with E-state index in [0.29, 0.717) is 22.5 Å². The number of methoxy groups -OCH3 is 1. The van der Waals surface area contributed by atoms with E-state index >= 15 is 0 Å². The van der Waals surface area contributed by atoms with E-state index in [1.807, 2.05) is 0 Å². The molecule has 2 fully saturated rings. The van der Waals surface area contributed by atoms with Crippen LogP contribution in [0.15, 0.2) is 23.3 Å². The maximum atomic E-state index is 9.96. The molecule has 0 radical (unpaired) electrons. The van der Waals surface area contributed by atoms with Crippen LogP contribution in [0.5, 0.6) is 11.5 Å². The van der Waals surface area contributed by atoms with E-state index in [1.54, 1.807) is 18.2 Å². The third-order valence-corrected chi connectivity index (χ3v) is 4.88. The van der Waals surface area contributed by atoms with E-state index in [-0.39, 0.29) is 5.75 Å². The number of phenols is 1. The van der Waals surface area contributed by atoms with Crippen LogP contribution >= 0.6 is 12.2 Å². The summed E-state index contributed by atoms with van der Waals surface area (Å²) in [5, 5.41) is 17.9. The van der Waals surface area contributed by atoms with Crippen molar-refractivity contribution in [3.8, 4) is 11.5 Å². The fourth-order valence-corrected chi connectivity index (χ4v) is 3.79. The maximum absolute atomic E-state index is 9.96. The van der Waals surface area contributed by atoms with Gasteiger partial charge in [-0.3, -0.25) is 5.43 Å². The third-order valence-electron chi connectivity index (χ3n) is 4.67. The number of fused-ring (bicyclic) bond motifs is 2. The van der Waals surface area contributed by atoms with Crippen molar-refractivity contribution in [2.75, 3.05) is 7.11 Å². The molecule has 3 atom stereocenters. The predicted octanol–water partition coefficient (Wildman–Crippen LogP) is 2.39. The summed E-state index contributed by atoms with van der Waals surface area (Å²) in [6.07, 6.45) is 6.77. The molecular formula is C16H21N3O2S. The largest absolute Gasteiger partial charge is 0.504 e. The van der Waals surface area contributed by atoms with Gasteiger partial charge in [-0.25, -0.2) is 0 Å². The van der Waals surface area contributed by atoms with Crippen molar-refractivity contribution < 1.29 is 9.84 Å². The molecule has 0 amide bonds. The van der Waals surface area contributed by atoms with Crippen molar-refractivity contribution >= 4 is 23.5 Å². The van der Waals surface area contributed by atoms with Crippen LogP contribution < -0.4 is 15.5 Å². The number of para-hydroxylation sites is 1. The van der Waals surface area contributed by atoms with Gasteiger partial charge >= 0.3 is 0 Å². The molecule has 5 nitrogen and oxygen atoms in total. The molecule has 2 aliphatic carbocycles. The number of thiocarbonyl (C=S) groups is 1. The monoisotopic (exact) mass is 319 g/mol. The molecule has 2 bridgehead atoms. The molecule has 0 spiro atoms. The summed E-state index contributed by atoms with van der Waals surface area (Å²) in [6.45, 7) is 0. The molecular weight excluding hydrogens is 298 g/mol. The van der Waals surface area contributed by atoms with Crippen LogP contribution in [0.3, 0.4) is 0 Å². The first-order valence-electron chi connectivity index (χ1n) is 7.63.